The Bertz CT molecular complexity index is 229. The Labute approximate surface area is 76.9 Å². The van der Waals surface area contributed by atoms with Crippen molar-refractivity contribution in [2.45, 2.75) is 31.6 Å². The molecule has 1 nitrogen and oxygen atoms in total. The molecule has 0 bridgehead atoms. The molecule has 1 saturated heterocycles. The second-order valence-electron chi connectivity index (χ2n) is 4.87. The molecule has 3 fully saturated rings. The van der Waals surface area contributed by atoms with E-state index >= 15 is 0 Å². The van der Waals surface area contributed by atoms with E-state index in [2.05, 4.69) is 5.32 Å². The van der Waals surface area contributed by atoms with Crippen LogP contribution >= 0.6 is 0 Å². The summed E-state index contributed by atoms with van der Waals surface area (Å²) in [5.41, 5.74) is -0.619. The van der Waals surface area contributed by atoms with Crippen molar-refractivity contribution in [2.75, 3.05) is 13.1 Å². The van der Waals surface area contributed by atoms with Gasteiger partial charge in [0.1, 0.15) is 0 Å². The van der Waals surface area contributed by atoms with E-state index in [1.165, 1.54) is 0 Å². The third kappa shape index (κ3) is 0.888. The Morgan fingerprint density at radius 3 is 2.54 bits per heavy atom. The SMILES string of the molecule is FC1(F)C(C2CC2)C12CCCNC2. The summed E-state index contributed by atoms with van der Waals surface area (Å²) in [6.45, 7) is 1.48. The van der Waals surface area contributed by atoms with Gasteiger partial charge in [0.05, 0.1) is 5.41 Å². The topological polar surface area (TPSA) is 12.0 Å². The summed E-state index contributed by atoms with van der Waals surface area (Å²) in [5.74, 6) is -2.26. The molecule has 1 N–H and O–H groups in total. The van der Waals surface area contributed by atoms with Crippen LogP contribution in [0.25, 0.3) is 0 Å². The molecule has 74 valence electrons. The molecule has 3 rings (SSSR count). The summed E-state index contributed by atoms with van der Waals surface area (Å²) in [6, 6.07) is 0. The molecule has 0 aromatic carbocycles. The quantitative estimate of drug-likeness (QED) is 0.662. The fraction of sp³-hybridized carbons (Fsp3) is 1.00. The molecule has 2 aliphatic carbocycles. The molecule has 0 aromatic rings. The zero-order valence-corrected chi connectivity index (χ0v) is 7.65. The first-order valence-corrected chi connectivity index (χ1v) is 5.27. The maximum atomic E-state index is 13.6. The summed E-state index contributed by atoms with van der Waals surface area (Å²) in [5, 5.41) is 3.13. The van der Waals surface area contributed by atoms with Gasteiger partial charge in [-0.15, -0.1) is 0 Å². The highest BCUT2D eigenvalue weighted by Gasteiger charge is 2.82. The number of alkyl halides is 2. The fourth-order valence-corrected chi connectivity index (χ4v) is 3.20. The highest BCUT2D eigenvalue weighted by molar-refractivity contribution is 5.23. The van der Waals surface area contributed by atoms with E-state index in [0.717, 1.165) is 32.2 Å². The Kier molecular flexibility index (Phi) is 1.41. The van der Waals surface area contributed by atoms with Crippen molar-refractivity contribution in [3.8, 4) is 0 Å². The van der Waals surface area contributed by atoms with E-state index in [9.17, 15) is 8.78 Å². The number of piperidine rings is 1. The second kappa shape index (κ2) is 2.25. The van der Waals surface area contributed by atoms with Gasteiger partial charge in [-0.05, 0) is 38.1 Å². The predicted molar refractivity (Wildman–Crippen MR) is 45.7 cm³/mol. The van der Waals surface area contributed by atoms with E-state index in [1.807, 2.05) is 0 Å². The number of hydrogen-bond acceptors (Lipinski definition) is 1. The molecular formula is C10H15F2N. The van der Waals surface area contributed by atoms with Crippen molar-refractivity contribution in [2.24, 2.45) is 17.3 Å². The Morgan fingerprint density at radius 2 is 2.00 bits per heavy atom. The van der Waals surface area contributed by atoms with Gasteiger partial charge in [0, 0.05) is 12.5 Å². The van der Waals surface area contributed by atoms with Gasteiger partial charge in [0.15, 0.2) is 0 Å². The van der Waals surface area contributed by atoms with E-state index in [1.54, 1.807) is 0 Å². The van der Waals surface area contributed by atoms with E-state index in [4.69, 9.17) is 0 Å². The van der Waals surface area contributed by atoms with E-state index in [0.29, 0.717) is 12.5 Å². The van der Waals surface area contributed by atoms with Crippen LogP contribution in [0.2, 0.25) is 0 Å². The minimum absolute atomic E-state index is 0.271. The molecule has 2 saturated carbocycles. The molecule has 0 amide bonds. The molecule has 1 heterocycles. The van der Waals surface area contributed by atoms with Crippen LogP contribution in [0.3, 0.4) is 0 Å². The van der Waals surface area contributed by atoms with Gasteiger partial charge in [-0.25, -0.2) is 8.78 Å². The zero-order valence-electron chi connectivity index (χ0n) is 7.65. The van der Waals surface area contributed by atoms with Crippen LogP contribution in [0, 0.1) is 17.3 Å². The van der Waals surface area contributed by atoms with Crippen LogP contribution in [0.15, 0.2) is 0 Å². The Morgan fingerprint density at radius 1 is 1.23 bits per heavy atom. The predicted octanol–water partition coefficient (Wildman–Crippen LogP) is 2.03. The fourth-order valence-electron chi connectivity index (χ4n) is 3.20. The molecule has 1 aliphatic heterocycles. The second-order valence-corrected chi connectivity index (χ2v) is 4.87. The third-order valence-corrected chi connectivity index (χ3v) is 4.08. The Hall–Kier alpha value is -0.180. The van der Waals surface area contributed by atoms with Gasteiger partial charge in [-0.2, -0.15) is 0 Å². The largest absolute Gasteiger partial charge is 0.316 e. The average molecular weight is 187 g/mol. The van der Waals surface area contributed by atoms with Gasteiger partial charge in [-0.3, -0.25) is 0 Å². The summed E-state index contributed by atoms with van der Waals surface area (Å²) < 4.78 is 27.2. The lowest BCUT2D eigenvalue weighted by Crippen LogP contribution is -2.35. The van der Waals surface area contributed by atoms with Gasteiger partial charge in [0.2, 0.25) is 0 Å². The Balaban J connectivity index is 1.82. The summed E-state index contributed by atoms with van der Waals surface area (Å²) in [7, 11) is 0. The average Bonchev–Trinajstić information content (AvgIpc) is 2.96. The maximum Gasteiger partial charge on any atom is 0.259 e. The lowest BCUT2D eigenvalue weighted by Gasteiger charge is -2.23. The van der Waals surface area contributed by atoms with Crippen molar-refractivity contribution in [3.63, 3.8) is 0 Å². The molecule has 2 atom stereocenters. The maximum absolute atomic E-state index is 13.6. The first kappa shape index (κ1) is 8.16. The van der Waals surface area contributed by atoms with E-state index < -0.39 is 11.3 Å². The monoisotopic (exact) mass is 187 g/mol. The van der Waals surface area contributed by atoms with Gasteiger partial charge < -0.3 is 5.32 Å². The van der Waals surface area contributed by atoms with Gasteiger partial charge in [-0.1, -0.05) is 0 Å². The highest BCUT2D eigenvalue weighted by atomic mass is 19.3. The van der Waals surface area contributed by atoms with Crippen LogP contribution in [-0.2, 0) is 0 Å². The summed E-state index contributed by atoms with van der Waals surface area (Å²) in [4.78, 5) is 0. The van der Waals surface area contributed by atoms with Crippen LogP contribution in [-0.4, -0.2) is 19.0 Å². The standard InChI is InChI=1S/C10H15F2N/c11-10(12)8(7-2-3-7)9(10)4-1-5-13-6-9/h7-8,13H,1-6H2. The minimum Gasteiger partial charge on any atom is -0.316 e. The summed E-state index contributed by atoms with van der Waals surface area (Å²) in [6.07, 6.45) is 3.76. The van der Waals surface area contributed by atoms with Gasteiger partial charge in [0.25, 0.3) is 5.92 Å². The summed E-state index contributed by atoms with van der Waals surface area (Å²) >= 11 is 0. The molecule has 1 spiro atoms. The zero-order chi connectivity index (χ0) is 9.10. The van der Waals surface area contributed by atoms with Crippen molar-refractivity contribution < 1.29 is 8.78 Å². The van der Waals surface area contributed by atoms with Crippen molar-refractivity contribution in [3.05, 3.63) is 0 Å². The van der Waals surface area contributed by atoms with Crippen molar-refractivity contribution >= 4 is 0 Å². The smallest absolute Gasteiger partial charge is 0.259 e. The molecule has 13 heavy (non-hydrogen) atoms. The number of nitrogens with one attached hydrogen (secondary N) is 1. The first-order chi connectivity index (χ1) is 6.18. The molecule has 0 radical (unpaired) electrons. The lowest BCUT2D eigenvalue weighted by molar-refractivity contribution is 0.0472. The lowest BCUT2D eigenvalue weighted by atomic mass is 9.92. The van der Waals surface area contributed by atoms with Gasteiger partial charge >= 0.3 is 0 Å². The number of halogens is 2. The molecule has 3 heteroatoms. The molecule has 2 unspecified atom stereocenters. The van der Waals surface area contributed by atoms with E-state index in [-0.39, 0.29) is 5.92 Å². The first-order valence-electron chi connectivity index (χ1n) is 5.27. The van der Waals surface area contributed by atoms with Crippen LogP contribution < -0.4 is 5.32 Å². The number of rotatable bonds is 1. The van der Waals surface area contributed by atoms with Crippen LogP contribution in [0.5, 0.6) is 0 Å². The van der Waals surface area contributed by atoms with Crippen molar-refractivity contribution in [1.82, 2.24) is 5.32 Å². The van der Waals surface area contributed by atoms with Crippen LogP contribution in [0.1, 0.15) is 25.7 Å². The molecule has 0 aromatic heterocycles. The number of hydrogen-bond donors (Lipinski definition) is 1. The normalized spacial score (nSPS) is 48.0. The van der Waals surface area contributed by atoms with Crippen LogP contribution in [0.4, 0.5) is 8.78 Å². The molecular weight excluding hydrogens is 172 g/mol. The third-order valence-electron chi connectivity index (χ3n) is 4.08. The minimum atomic E-state index is -2.35. The van der Waals surface area contributed by atoms with Crippen molar-refractivity contribution in [1.29, 1.82) is 0 Å². The molecule has 3 aliphatic rings. The highest BCUT2D eigenvalue weighted by Crippen LogP contribution is 2.74.